The zero-order chi connectivity index (χ0) is 18.9. The highest BCUT2D eigenvalue weighted by Gasteiger charge is 2.46. The Balaban J connectivity index is 1.61. The van der Waals surface area contributed by atoms with Gasteiger partial charge in [0.2, 0.25) is 5.91 Å². The smallest absolute Gasteiger partial charge is 0.410 e. The molecule has 140 valence electrons. The summed E-state index contributed by atoms with van der Waals surface area (Å²) in [6, 6.07) is 8.66. The van der Waals surface area contributed by atoms with Gasteiger partial charge in [-0.25, -0.2) is 9.69 Å². The summed E-state index contributed by atoms with van der Waals surface area (Å²) in [5, 5.41) is 0. The van der Waals surface area contributed by atoms with Gasteiger partial charge >= 0.3 is 6.09 Å². The number of piperazine rings is 1. The van der Waals surface area contributed by atoms with Crippen LogP contribution in [0, 0.1) is 0 Å². The summed E-state index contributed by atoms with van der Waals surface area (Å²) >= 11 is 0. The number of carbonyl (C=O) groups excluding carboxylic acids is 3. The van der Waals surface area contributed by atoms with Gasteiger partial charge in [-0.2, -0.15) is 0 Å². The summed E-state index contributed by atoms with van der Waals surface area (Å²) in [6.07, 6.45) is -0.105. The summed E-state index contributed by atoms with van der Waals surface area (Å²) in [6.45, 7) is 7.83. The summed E-state index contributed by atoms with van der Waals surface area (Å²) < 4.78 is 5.40. The number of imide groups is 1. The van der Waals surface area contributed by atoms with E-state index in [1.165, 1.54) is 4.90 Å². The van der Waals surface area contributed by atoms with Crippen molar-refractivity contribution >= 4 is 23.6 Å². The molecule has 0 saturated carbocycles. The molecular weight excluding hydrogens is 334 g/mol. The largest absolute Gasteiger partial charge is 0.444 e. The first kappa shape index (κ1) is 18.4. The highest BCUT2D eigenvalue weighted by atomic mass is 16.6. The molecule has 1 aromatic carbocycles. The molecule has 2 heterocycles. The third kappa shape index (κ3) is 3.88. The number of nitrogens with zero attached hydrogens (tertiary/aromatic N) is 2. The molecule has 2 aliphatic rings. The molecule has 1 aromatic rings. The number of quaternary nitrogens is 1. The van der Waals surface area contributed by atoms with Gasteiger partial charge in [0.1, 0.15) is 5.60 Å². The second kappa shape index (κ2) is 7.07. The lowest BCUT2D eigenvalue weighted by Crippen LogP contribution is -3.19. The van der Waals surface area contributed by atoms with E-state index in [0.29, 0.717) is 31.9 Å². The Morgan fingerprint density at radius 2 is 1.73 bits per heavy atom. The minimum Gasteiger partial charge on any atom is -0.444 e. The van der Waals surface area contributed by atoms with Crippen LogP contribution in [0.1, 0.15) is 27.2 Å². The number of para-hydroxylation sites is 1. The van der Waals surface area contributed by atoms with Gasteiger partial charge in [-0.1, -0.05) is 18.2 Å². The van der Waals surface area contributed by atoms with E-state index in [-0.39, 0.29) is 30.4 Å². The molecule has 3 amide bonds. The van der Waals surface area contributed by atoms with Crippen molar-refractivity contribution in [2.45, 2.75) is 38.8 Å². The number of carbonyl (C=O) groups is 3. The van der Waals surface area contributed by atoms with Gasteiger partial charge in [-0.3, -0.25) is 14.5 Å². The SMILES string of the molecule is CC(C)(C)OC(=O)N1CC[NH+]([C@@H]2CC(=O)N(c3ccccc3)C2=O)CC1. The van der Waals surface area contributed by atoms with Gasteiger partial charge in [0, 0.05) is 0 Å². The fraction of sp³-hybridized carbons (Fsp3) is 0.526. The second-order valence-corrected chi connectivity index (χ2v) is 7.79. The Morgan fingerprint density at radius 1 is 1.12 bits per heavy atom. The first-order valence-corrected chi connectivity index (χ1v) is 9.00. The van der Waals surface area contributed by atoms with Crippen molar-refractivity contribution in [1.29, 1.82) is 0 Å². The number of hydrogen-bond acceptors (Lipinski definition) is 4. The van der Waals surface area contributed by atoms with E-state index in [1.807, 2.05) is 39.0 Å². The van der Waals surface area contributed by atoms with Crippen molar-refractivity contribution in [2.24, 2.45) is 0 Å². The molecule has 2 aliphatic heterocycles. The van der Waals surface area contributed by atoms with Gasteiger partial charge in [-0.15, -0.1) is 0 Å². The topological polar surface area (TPSA) is 71.4 Å². The maximum absolute atomic E-state index is 12.8. The number of amides is 3. The Hall–Kier alpha value is -2.41. The van der Waals surface area contributed by atoms with Crippen LogP contribution < -0.4 is 9.80 Å². The minimum atomic E-state index is -0.523. The first-order valence-electron chi connectivity index (χ1n) is 9.00. The van der Waals surface area contributed by atoms with Crippen molar-refractivity contribution in [2.75, 3.05) is 31.1 Å². The second-order valence-electron chi connectivity index (χ2n) is 7.79. The van der Waals surface area contributed by atoms with Crippen LogP contribution in [0.2, 0.25) is 0 Å². The summed E-state index contributed by atoms with van der Waals surface area (Å²) in [5.74, 6) is -0.310. The Bertz CT molecular complexity index is 690. The molecule has 0 radical (unpaired) electrons. The van der Waals surface area contributed by atoms with Crippen LogP contribution in [0.5, 0.6) is 0 Å². The summed E-state index contributed by atoms with van der Waals surface area (Å²) in [4.78, 5) is 41.4. The molecular formula is C19H26N3O4+. The predicted octanol–water partition coefficient (Wildman–Crippen LogP) is 0.454. The lowest BCUT2D eigenvalue weighted by molar-refractivity contribution is -0.918. The molecule has 1 atom stereocenters. The molecule has 1 N–H and O–H groups in total. The zero-order valence-electron chi connectivity index (χ0n) is 15.5. The molecule has 7 nitrogen and oxygen atoms in total. The van der Waals surface area contributed by atoms with Crippen molar-refractivity contribution in [3.8, 4) is 0 Å². The molecule has 2 saturated heterocycles. The van der Waals surface area contributed by atoms with Crippen molar-refractivity contribution in [3.05, 3.63) is 30.3 Å². The lowest BCUT2D eigenvalue weighted by atomic mass is 10.1. The van der Waals surface area contributed by atoms with Crippen molar-refractivity contribution < 1.29 is 24.0 Å². The van der Waals surface area contributed by atoms with Gasteiger partial charge < -0.3 is 9.64 Å². The van der Waals surface area contributed by atoms with Gasteiger partial charge in [0.15, 0.2) is 6.04 Å². The Labute approximate surface area is 153 Å². The lowest BCUT2D eigenvalue weighted by Gasteiger charge is -2.35. The van der Waals surface area contributed by atoms with E-state index in [2.05, 4.69) is 0 Å². The molecule has 3 rings (SSSR count). The van der Waals surface area contributed by atoms with Crippen LogP contribution in [0.15, 0.2) is 30.3 Å². The number of ether oxygens (including phenoxy) is 1. The average molecular weight is 360 g/mol. The van der Waals surface area contributed by atoms with Gasteiger partial charge in [0.25, 0.3) is 5.91 Å². The highest BCUT2D eigenvalue weighted by molar-refractivity contribution is 6.21. The molecule has 7 heteroatoms. The average Bonchev–Trinajstić information content (AvgIpc) is 2.89. The minimum absolute atomic E-state index is 0.151. The van der Waals surface area contributed by atoms with E-state index in [1.54, 1.807) is 17.0 Å². The molecule has 0 spiro atoms. The molecule has 0 aliphatic carbocycles. The Kier molecular flexibility index (Phi) is 5.00. The Morgan fingerprint density at radius 3 is 2.31 bits per heavy atom. The molecule has 0 bridgehead atoms. The summed E-state index contributed by atoms with van der Waals surface area (Å²) in [7, 11) is 0. The molecule has 26 heavy (non-hydrogen) atoms. The fourth-order valence-electron chi connectivity index (χ4n) is 3.45. The molecule has 0 unspecified atom stereocenters. The van der Waals surface area contributed by atoms with Crippen LogP contribution in [0.25, 0.3) is 0 Å². The van der Waals surface area contributed by atoms with E-state index < -0.39 is 5.60 Å². The first-order chi connectivity index (χ1) is 12.3. The monoisotopic (exact) mass is 360 g/mol. The number of rotatable bonds is 2. The third-order valence-electron chi connectivity index (χ3n) is 4.71. The van der Waals surface area contributed by atoms with Crippen LogP contribution in [-0.4, -0.2) is 60.6 Å². The maximum atomic E-state index is 12.8. The van der Waals surface area contributed by atoms with Gasteiger partial charge in [0.05, 0.1) is 38.3 Å². The number of benzene rings is 1. The normalized spacial score (nSPS) is 22.0. The van der Waals surface area contributed by atoms with Crippen molar-refractivity contribution in [1.82, 2.24) is 4.90 Å². The molecule has 2 fully saturated rings. The van der Waals surface area contributed by atoms with Crippen LogP contribution in [0.4, 0.5) is 10.5 Å². The zero-order valence-corrected chi connectivity index (χ0v) is 15.5. The number of nitrogens with one attached hydrogen (secondary N) is 1. The van der Waals surface area contributed by atoms with E-state index in [4.69, 9.17) is 4.74 Å². The van der Waals surface area contributed by atoms with Crippen LogP contribution in [-0.2, 0) is 14.3 Å². The standard InChI is InChI=1S/C19H25N3O4/c1-19(2,3)26-18(25)21-11-9-20(10-12-21)15-13-16(23)22(17(15)24)14-7-5-4-6-8-14/h4-8,15H,9-13H2,1-3H3/p+1/t15-/m1/s1. The fourth-order valence-corrected chi connectivity index (χ4v) is 3.45. The quantitative estimate of drug-likeness (QED) is 0.778. The van der Waals surface area contributed by atoms with E-state index >= 15 is 0 Å². The predicted molar refractivity (Wildman–Crippen MR) is 95.8 cm³/mol. The van der Waals surface area contributed by atoms with Crippen LogP contribution in [0.3, 0.4) is 0 Å². The van der Waals surface area contributed by atoms with Crippen molar-refractivity contribution in [3.63, 3.8) is 0 Å². The van der Waals surface area contributed by atoms with E-state index in [0.717, 1.165) is 4.90 Å². The number of hydrogen-bond donors (Lipinski definition) is 1. The maximum Gasteiger partial charge on any atom is 0.410 e. The number of anilines is 1. The summed E-state index contributed by atoms with van der Waals surface area (Å²) in [5.41, 5.74) is 0.0993. The van der Waals surface area contributed by atoms with Gasteiger partial charge in [-0.05, 0) is 32.9 Å². The highest BCUT2D eigenvalue weighted by Crippen LogP contribution is 2.21. The third-order valence-corrected chi connectivity index (χ3v) is 4.71. The van der Waals surface area contributed by atoms with E-state index in [9.17, 15) is 14.4 Å². The molecule has 0 aromatic heterocycles. The van der Waals surface area contributed by atoms with Crippen LogP contribution >= 0.6 is 0 Å².